The van der Waals surface area contributed by atoms with Crippen LogP contribution < -0.4 is 5.32 Å². The van der Waals surface area contributed by atoms with Crippen molar-refractivity contribution in [1.29, 1.82) is 0 Å². The summed E-state index contributed by atoms with van der Waals surface area (Å²) >= 11 is 0. The molecule has 2 heterocycles. The number of amides is 1. The lowest BCUT2D eigenvalue weighted by Gasteiger charge is -2.29. The van der Waals surface area contributed by atoms with Crippen molar-refractivity contribution in [2.45, 2.75) is 32.1 Å². The molecule has 0 spiro atoms. The molecule has 2 rings (SSSR count). The van der Waals surface area contributed by atoms with Gasteiger partial charge in [0.1, 0.15) is 0 Å². The van der Waals surface area contributed by atoms with Gasteiger partial charge in [-0.25, -0.2) is 0 Å². The van der Waals surface area contributed by atoms with E-state index in [0.717, 1.165) is 51.4 Å². The number of nitrogens with zero attached hydrogens (tertiary/aromatic N) is 1. The van der Waals surface area contributed by atoms with Gasteiger partial charge in [-0.05, 0) is 51.1 Å². The van der Waals surface area contributed by atoms with E-state index in [1.807, 2.05) is 11.9 Å². The Kier molecular flexibility index (Phi) is 5.45. The fourth-order valence-corrected chi connectivity index (χ4v) is 2.90. The minimum absolute atomic E-state index is 0.108. The molecule has 0 aromatic rings. The van der Waals surface area contributed by atoms with Gasteiger partial charge in [-0.3, -0.25) is 4.79 Å². The van der Waals surface area contributed by atoms with E-state index in [1.165, 1.54) is 12.8 Å². The fraction of sp³-hybridized carbons (Fsp3) is 0.929. The van der Waals surface area contributed by atoms with Crippen LogP contribution in [-0.2, 0) is 9.53 Å². The standard InChI is InChI=1S/C14H26N2O2/c1-16(9-6-12-4-7-15-8-5-12)14(17)13-3-2-10-18-11-13/h12-13,15H,2-11H2,1H3. The molecular formula is C14H26N2O2. The first-order valence-electron chi connectivity index (χ1n) is 7.31. The third-order valence-corrected chi connectivity index (χ3v) is 4.22. The highest BCUT2D eigenvalue weighted by atomic mass is 16.5. The van der Waals surface area contributed by atoms with E-state index >= 15 is 0 Å². The van der Waals surface area contributed by atoms with Crippen LogP contribution in [-0.4, -0.2) is 50.7 Å². The molecule has 2 aliphatic rings. The Balaban J connectivity index is 1.69. The number of rotatable bonds is 4. The molecule has 1 N–H and O–H groups in total. The molecule has 18 heavy (non-hydrogen) atoms. The molecule has 0 saturated carbocycles. The second-order valence-electron chi connectivity index (χ2n) is 5.66. The highest BCUT2D eigenvalue weighted by molar-refractivity contribution is 5.78. The van der Waals surface area contributed by atoms with Crippen molar-refractivity contribution in [3.05, 3.63) is 0 Å². The van der Waals surface area contributed by atoms with Crippen LogP contribution in [0.3, 0.4) is 0 Å². The zero-order chi connectivity index (χ0) is 12.8. The molecule has 0 aliphatic carbocycles. The van der Waals surface area contributed by atoms with Crippen LogP contribution in [0.2, 0.25) is 0 Å². The van der Waals surface area contributed by atoms with Gasteiger partial charge < -0.3 is 15.0 Å². The molecule has 1 atom stereocenters. The Hall–Kier alpha value is -0.610. The summed E-state index contributed by atoms with van der Waals surface area (Å²) in [5, 5.41) is 3.38. The van der Waals surface area contributed by atoms with Crippen LogP contribution in [0.5, 0.6) is 0 Å². The van der Waals surface area contributed by atoms with Crippen molar-refractivity contribution in [3.8, 4) is 0 Å². The molecule has 0 bridgehead atoms. The van der Waals surface area contributed by atoms with Crippen molar-refractivity contribution in [2.75, 3.05) is 39.9 Å². The highest BCUT2D eigenvalue weighted by Crippen LogP contribution is 2.19. The van der Waals surface area contributed by atoms with Gasteiger partial charge in [0.2, 0.25) is 5.91 Å². The number of piperidine rings is 1. The highest BCUT2D eigenvalue weighted by Gasteiger charge is 2.25. The minimum atomic E-state index is 0.108. The number of hydrogen-bond acceptors (Lipinski definition) is 3. The second kappa shape index (κ2) is 7.10. The lowest BCUT2D eigenvalue weighted by Crippen LogP contribution is -2.38. The zero-order valence-corrected chi connectivity index (χ0v) is 11.5. The molecule has 2 fully saturated rings. The average Bonchev–Trinajstić information content (AvgIpc) is 2.46. The van der Waals surface area contributed by atoms with E-state index < -0.39 is 0 Å². The third kappa shape index (κ3) is 3.95. The molecular weight excluding hydrogens is 228 g/mol. The number of hydrogen-bond donors (Lipinski definition) is 1. The summed E-state index contributed by atoms with van der Waals surface area (Å²) in [6.45, 7) is 4.62. The predicted octanol–water partition coefficient (Wildman–Crippen LogP) is 1.26. The SMILES string of the molecule is CN(CCC1CCNCC1)C(=O)C1CCCOC1. The van der Waals surface area contributed by atoms with Crippen molar-refractivity contribution in [1.82, 2.24) is 10.2 Å². The lowest BCUT2D eigenvalue weighted by atomic mass is 9.94. The Labute approximate surface area is 110 Å². The first-order chi connectivity index (χ1) is 8.77. The van der Waals surface area contributed by atoms with Crippen molar-refractivity contribution >= 4 is 5.91 Å². The maximum absolute atomic E-state index is 12.2. The van der Waals surface area contributed by atoms with E-state index in [0.29, 0.717) is 6.61 Å². The van der Waals surface area contributed by atoms with E-state index in [1.54, 1.807) is 0 Å². The third-order valence-electron chi connectivity index (χ3n) is 4.22. The van der Waals surface area contributed by atoms with Gasteiger partial charge >= 0.3 is 0 Å². The lowest BCUT2D eigenvalue weighted by molar-refractivity contribution is -0.138. The van der Waals surface area contributed by atoms with Gasteiger partial charge in [-0.15, -0.1) is 0 Å². The molecule has 0 radical (unpaired) electrons. The number of nitrogens with one attached hydrogen (secondary N) is 1. The summed E-state index contributed by atoms with van der Waals surface area (Å²) < 4.78 is 5.39. The number of carbonyl (C=O) groups is 1. The van der Waals surface area contributed by atoms with Crippen molar-refractivity contribution < 1.29 is 9.53 Å². The zero-order valence-electron chi connectivity index (χ0n) is 11.5. The predicted molar refractivity (Wildman–Crippen MR) is 71.4 cm³/mol. The molecule has 104 valence electrons. The first kappa shape index (κ1) is 13.8. The molecule has 2 saturated heterocycles. The summed E-state index contributed by atoms with van der Waals surface area (Å²) in [5.41, 5.74) is 0. The van der Waals surface area contributed by atoms with E-state index in [2.05, 4.69) is 5.32 Å². The van der Waals surface area contributed by atoms with E-state index in [-0.39, 0.29) is 11.8 Å². The molecule has 1 amide bonds. The Morgan fingerprint density at radius 3 is 2.78 bits per heavy atom. The molecule has 4 nitrogen and oxygen atoms in total. The molecule has 4 heteroatoms. The van der Waals surface area contributed by atoms with Gasteiger partial charge in [0.25, 0.3) is 0 Å². The molecule has 2 aliphatic heterocycles. The van der Waals surface area contributed by atoms with Crippen LogP contribution in [0, 0.1) is 11.8 Å². The van der Waals surface area contributed by atoms with Gasteiger partial charge in [0.15, 0.2) is 0 Å². The van der Waals surface area contributed by atoms with Crippen LogP contribution >= 0.6 is 0 Å². The number of ether oxygens (including phenoxy) is 1. The average molecular weight is 254 g/mol. The van der Waals surface area contributed by atoms with Crippen molar-refractivity contribution in [2.24, 2.45) is 11.8 Å². The fourth-order valence-electron chi connectivity index (χ4n) is 2.90. The van der Waals surface area contributed by atoms with Gasteiger partial charge in [-0.1, -0.05) is 0 Å². The Morgan fingerprint density at radius 2 is 2.11 bits per heavy atom. The summed E-state index contributed by atoms with van der Waals surface area (Å²) in [6, 6.07) is 0. The van der Waals surface area contributed by atoms with Crippen molar-refractivity contribution in [3.63, 3.8) is 0 Å². The van der Waals surface area contributed by atoms with Gasteiger partial charge in [0.05, 0.1) is 12.5 Å². The minimum Gasteiger partial charge on any atom is -0.381 e. The van der Waals surface area contributed by atoms with Crippen LogP contribution in [0.4, 0.5) is 0 Å². The van der Waals surface area contributed by atoms with Gasteiger partial charge in [0, 0.05) is 20.2 Å². The Morgan fingerprint density at radius 1 is 1.33 bits per heavy atom. The van der Waals surface area contributed by atoms with Gasteiger partial charge in [-0.2, -0.15) is 0 Å². The first-order valence-corrected chi connectivity index (χ1v) is 7.31. The smallest absolute Gasteiger partial charge is 0.227 e. The van der Waals surface area contributed by atoms with E-state index in [4.69, 9.17) is 4.74 Å². The maximum atomic E-state index is 12.2. The maximum Gasteiger partial charge on any atom is 0.227 e. The quantitative estimate of drug-likeness (QED) is 0.821. The molecule has 0 aromatic carbocycles. The summed E-state index contributed by atoms with van der Waals surface area (Å²) in [5.74, 6) is 1.18. The summed E-state index contributed by atoms with van der Waals surface area (Å²) in [4.78, 5) is 14.1. The Bertz CT molecular complexity index is 259. The summed E-state index contributed by atoms with van der Waals surface area (Å²) in [7, 11) is 1.94. The second-order valence-corrected chi connectivity index (χ2v) is 5.66. The number of carbonyl (C=O) groups excluding carboxylic acids is 1. The van der Waals surface area contributed by atoms with Crippen LogP contribution in [0.15, 0.2) is 0 Å². The summed E-state index contributed by atoms with van der Waals surface area (Å²) in [6.07, 6.45) is 5.69. The van der Waals surface area contributed by atoms with Crippen LogP contribution in [0.1, 0.15) is 32.1 Å². The normalized spacial score (nSPS) is 25.9. The largest absolute Gasteiger partial charge is 0.381 e. The topological polar surface area (TPSA) is 41.6 Å². The van der Waals surface area contributed by atoms with Crippen LogP contribution in [0.25, 0.3) is 0 Å². The molecule has 0 aromatic heterocycles. The monoisotopic (exact) mass is 254 g/mol. The molecule has 1 unspecified atom stereocenters. The van der Waals surface area contributed by atoms with E-state index in [9.17, 15) is 4.79 Å².